The molecule has 0 unspecified atom stereocenters. The molecule has 30 heavy (non-hydrogen) atoms. The van der Waals surface area contributed by atoms with Gasteiger partial charge in [-0.1, -0.05) is 49.1 Å². The molecule has 0 radical (unpaired) electrons. The van der Waals surface area contributed by atoms with E-state index < -0.39 is 7.12 Å². The fraction of sp³-hybridized carbons (Fsp3) is 0.0400. The Kier molecular flexibility index (Phi) is 4.35. The third kappa shape index (κ3) is 2.64. The second kappa shape index (κ2) is 7.06. The molecular weight excluding hydrogens is 373 g/mol. The van der Waals surface area contributed by atoms with Crippen LogP contribution < -0.4 is 16.1 Å². The minimum atomic E-state index is -1.54. The quantitative estimate of drug-likeness (QED) is 0.464. The molecule has 0 atom stereocenters. The van der Waals surface area contributed by atoms with Gasteiger partial charge >= 0.3 is 7.12 Å². The van der Waals surface area contributed by atoms with Crippen molar-refractivity contribution in [2.24, 2.45) is 0 Å². The van der Waals surface area contributed by atoms with Gasteiger partial charge in [-0.05, 0) is 48.8 Å². The molecule has 0 aliphatic rings. The summed E-state index contributed by atoms with van der Waals surface area (Å²) < 4.78 is 8.48. The van der Waals surface area contributed by atoms with Crippen molar-refractivity contribution in [3.63, 3.8) is 0 Å². The Morgan fingerprint density at radius 2 is 1.73 bits per heavy atom. The topological polar surface area (TPSA) is 58.5 Å². The normalized spacial score (nSPS) is 13.0. The Morgan fingerprint density at radius 1 is 0.967 bits per heavy atom. The van der Waals surface area contributed by atoms with Crippen molar-refractivity contribution in [2.75, 3.05) is 0 Å². The van der Waals surface area contributed by atoms with E-state index in [9.17, 15) is 10.0 Å². The van der Waals surface area contributed by atoms with E-state index in [2.05, 4.69) is 35.4 Å². The second-order valence-corrected chi connectivity index (χ2v) is 7.23. The van der Waals surface area contributed by atoms with Crippen LogP contribution in [0.2, 0.25) is 0 Å². The summed E-state index contributed by atoms with van der Waals surface area (Å²) in [4.78, 5) is 0. The van der Waals surface area contributed by atoms with Gasteiger partial charge in [0.1, 0.15) is 11.0 Å². The second-order valence-electron chi connectivity index (χ2n) is 7.23. The number of rotatable bonds is 3. The van der Waals surface area contributed by atoms with Gasteiger partial charge in [-0.3, -0.25) is 0 Å². The highest BCUT2D eigenvalue weighted by molar-refractivity contribution is 6.59. The van der Waals surface area contributed by atoms with E-state index in [-0.39, 0.29) is 0 Å². The zero-order valence-electron chi connectivity index (χ0n) is 16.5. The third-order valence-electron chi connectivity index (χ3n) is 5.55. The highest BCUT2D eigenvalue weighted by Crippen LogP contribution is 2.35. The van der Waals surface area contributed by atoms with Crippen LogP contribution in [0.3, 0.4) is 0 Å². The highest BCUT2D eigenvalue weighted by Gasteiger charge is 2.20. The maximum atomic E-state index is 9.75. The summed E-state index contributed by atoms with van der Waals surface area (Å²) in [5, 5.41) is 23.4. The largest absolute Gasteiger partial charge is 0.488 e. The van der Waals surface area contributed by atoms with E-state index in [4.69, 9.17) is 4.42 Å². The van der Waals surface area contributed by atoms with Crippen LogP contribution in [0.4, 0.5) is 0 Å². The molecule has 2 aromatic heterocycles. The zero-order chi connectivity index (χ0) is 20.8. The van der Waals surface area contributed by atoms with E-state index >= 15 is 0 Å². The number of para-hydroxylation sites is 1. The molecule has 4 nitrogen and oxygen atoms in total. The average Bonchev–Trinajstić information content (AvgIpc) is 3.28. The van der Waals surface area contributed by atoms with Crippen molar-refractivity contribution < 1.29 is 14.5 Å². The molecule has 146 valence electrons. The lowest BCUT2D eigenvalue weighted by Crippen LogP contribution is -2.29. The summed E-state index contributed by atoms with van der Waals surface area (Å²) >= 11 is 0. The molecule has 5 aromatic rings. The SMILES string of the molecule is C=C/C=c1/oc2c(ccc3c2c2cc(B(O)O)ccc2n3-c2ccccc2)/c1=C/C. The summed E-state index contributed by atoms with van der Waals surface area (Å²) in [6.45, 7) is 5.79. The van der Waals surface area contributed by atoms with Gasteiger partial charge in [0.05, 0.1) is 16.4 Å². The molecule has 0 bridgehead atoms. The fourth-order valence-corrected chi connectivity index (χ4v) is 4.26. The number of nitrogens with zero attached hydrogens (tertiary/aromatic N) is 1. The Bertz CT molecular complexity index is 1540. The summed E-state index contributed by atoms with van der Waals surface area (Å²) in [6, 6.07) is 19.8. The van der Waals surface area contributed by atoms with Crippen molar-refractivity contribution >= 4 is 57.5 Å². The molecule has 0 spiro atoms. The van der Waals surface area contributed by atoms with Gasteiger partial charge in [0.15, 0.2) is 0 Å². The van der Waals surface area contributed by atoms with Crippen LogP contribution in [-0.4, -0.2) is 21.7 Å². The van der Waals surface area contributed by atoms with Crippen molar-refractivity contribution in [3.05, 3.63) is 84.0 Å². The van der Waals surface area contributed by atoms with E-state index in [1.807, 2.05) is 49.4 Å². The number of aromatic nitrogens is 1. The predicted octanol–water partition coefficient (Wildman–Crippen LogP) is 2.98. The van der Waals surface area contributed by atoms with Gasteiger partial charge in [-0.25, -0.2) is 0 Å². The number of hydrogen-bond donors (Lipinski definition) is 2. The van der Waals surface area contributed by atoms with E-state index in [0.29, 0.717) is 5.46 Å². The molecule has 2 heterocycles. The fourth-order valence-electron chi connectivity index (χ4n) is 4.26. The minimum Gasteiger partial charge on any atom is -0.455 e. The standard InChI is InChI=1S/C25H20BNO3/c1-3-8-23-18(4-2)19-12-14-22-24(25(19)30-23)20-15-16(26(28)29)11-13-21(20)27(22)17-9-6-5-7-10-17/h3-15,28-29H,1H2,2H3/b18-4-,23-8+. The van der Waals surface area contributed by atoms with Crippen molar-refractivity contribution in [3.8, 4) is 5.69 Å². The lowest BCUT2D eigenvalue weighted by Gasteiger charge is -2.07. The van der Waals surface area contributed by atoms with Gasteiger partial charge in [-0.15, -0.1) is 0 Å². The maximum absolute atomic E-state index is 9.75. The van der Waals surface area contributed by atoms with Crippen LogP contribution >= 0.6 is 0 Å². The molecule has 3 aromatic carbocycles. The Hall–Kier alpha value is -3.54. The number of fused-ring (bicyclic) bond motifs is 5. The molecule has 0 amide bonds. The summed E-state index contributed by atoms with van der Waals surface area (Å²) in [5.74, 6) is 0. The summed E-state index contributed by atoms with van der Waals surface area (Å²) in [7, 11) is -1.54. The number of benzene rings is 3. The Morgan fingerprint density at radius 3 is 2.43 bits per heavy atom. The first kappa shape index (κ1) is 18.5. The highest BCUT2D eigenvalue weighted by atomic mass is 16.4. The average molecular weight is 393 g/mol. The van der Waals surface area contributed by atoms with Crippen LogP contribution in [0.5, 0.6) is 0 Å². The molecular formula is C25H20BNO3. The van der Waals surface area contributed by atoms with Gasteiger partial charge in [0.25, 0.3) is 0 Å². The van der Waals surface area contributed by atoms with Crippen LogP contribution in [0, 0.1) is 0 Å². The number of allylic oxidation sites excluding steroid dienone is 1. The van der Waals surface area contributed by atoms with Crippen LogP contribution in [0.15, 0.2) is 77.7 Å². The van der Waals surface area contributed by atoms with Gasteiger partial charge in [-0.2, -0.15) is 0 Å². The molecule has 0 saturated carbocycles. The van der Waals surface area contributed by atoms with E-state index in [1.54, 1.807) is 12.1 Å². The Balaban J connectivity index is 2.05. The van der Waals surface area contributed by atoms with Crippen molar-refractivity contribution in [2.45, 2.75) is 6.92 Å². The third-order valence-corrected chi connectivity index (χ3v) is 5.55. The molecule has 2 N–H and O–H groups in total. The molecule has 0 fully saturated rings. The van der Waals surface area contributed by atoms with E-state index in [1.165, 1.54) is 0 Å². The minimum absolute atomic E-state index is 0.443. The van der Waals surface area contributed by atoms with Gasteiger partial charge in [0, 0.05) is 21.7 Å². The van der Waals surface area contributed by atoms with Crippen LogP contribution in [0.25, 0.3) is 50.6 Å². The van der Waals surface area contributed by atoms with Crippen molar-refractivity contribution in [1.82, 2.24) is 4.57 Å². The Labute approximate surface area is 173 Å². The lowest BCUT2D eigenvalue weighted by atomic mass is 9.80. The molecule has 0 saturated heterocycles. The number of furan rings is 1. The molecule has 5 heteroatoms. The van der Waals surface area contributed by atoms with Gasteiger partial charge < -0.3 is 19.0 Å². The van der Waals surface area contributed by atoms with Crippen LogP contribution in [-0.2, 0) is 0 Å². The first-order valence-electron chi connectivity index (χ1n) is 9.84. The first-order valence-corrected chi connectivity index (χ1v) is 9.84. The molecule has 0 aliphatic heterocycles. The summed E-state index contributed by atoms with van der Waals surface area (Å²) in [6.07, 6.45) is 5.61. The van der Waals surface area contributed by atoms with Gasteiger partial charge in [0.2, 0.25) is 0 Å². The smallest absolute Gasteiger partial charge is 0.455 e. The molecule has 5 rings (SSSR count). The predicted molar refractivity (Wildman–Crippen MR) is 124 cm³/mol. The maximum Gasteiger partial charge on any atom is 0.488 e. The number of hydrogen-bond acceptors (Lipinski definition) is 3. The zero-order valence-corrected chi connectivity index (χ0v) is 16.5. The monoisotopic (exact) mass is 393 g/mol. The van der Waals surface area contributed by atoms with E-state index in [0.717, 1.165) is 49.1 Å². The summed E-state index contributed by atoms with van der Waals surface area (Å²) in [5.41, 5.74) is 4.97. The van der Waals surface area contributed by atoms with Crippen LogP contribution in [0.1, 0.15) is 6.92 Å². The lowest BCUT2D eigenvalue weighted by molar-refractivity contribution is 0.426. The first-order chi connectivity index (χ1) is 14.6. The molecule has 0 aliphatic carbocycles. The van der Waals surface area contributed by atoms with Crippen molar-refractivity contribution in [1.29, 1.82) is 0 Å².